The van der Waals surface area contributed by atoms with E-state index in [4.69, 9.17) is 5.26 Å². The molecule has 0 aromatic heterocycles. The summed E-state index contributed by atoms with van der Waals surface area (Å²) in [5.41, 5.74) is -0.414. The van der Waals surface area contributed by atoms with Crippen molar-refractivity contribution in [2.45, 2.75) is 13.0 Å². The molecule has 1 aromatic carbocycles. The van der Waals surface area contributed by atoms with Gasteiger partial charge < -0.3 is 5.11 Å². The minimum atomic E-state index is -1.47. The SMILES string of the molecule is CC(C#N)C(O)c1cc(F)c(F)cc1F. The summed E-state index contributed by atoms with van der Waals surface area (Å²) < 4.78 is 38.4. The molecule has 0 radical (unpaired) electrons. The van der Waals surface area contributed by atoms with Gasteiger partial charge in [-0.1, -0.05) is 0 Å². The van der Waals surface area contributed by atoms with E-state index in [-0.39, 0.29) is 0 Å². The Morgan fingerprint density at radius 2 is 1.73 bits per heavy atom. The fourth-order valence-corrected chi connectivity index (χ4v) is 1.10. The summed E-state index contributed by atoms with van der Waals surface area (Å²) in [7, 11) is 0. The average molecular weight is 215 g/mol. The van der Waals surface area contributed by atoms with E-state index in [0.29, 0.717) is 12.1 Å². The lowest BCUT2D eigenvalue weighted by molar-refractivity contribution is 0.137. The lowest BCUT2D eigenvalue weighted by Crippen LogP contribution is -2.10. The van der Waals surface area contributed by atoms with Crippen LogP contribution in [0.4, 0.5) is 13.2 Å². The predicted molar refractivity (Wildman–Crippen MR) is 46.1 cm³/mol. The van der Waals surface area contributed by atoms with Crippen molar-refractivity contribution in [3.8, 4) is 6.07 Å². The lowest BCUT2D eigenvalue weighted by Gasteiger charge is -2.13. The van der Waals surface area contributed by atoms with E-state index in [1.807, 2.05) is 0 Å². The van der Waals surface area contributed by atoms with E-state index in [1.54, 1.807) is 6.07 Å². The summed E-state index contributed by atoms with van der Waals surface area (Å²) in [4.78, 5) is 0. The molecule has 1 rings (SSSR count). The van der Waals surface area contributed by atoms with Crippen molar-refractivity contribution in [3.05, 3.63) is 35.1 Å². The van der Waals surface area contributed by atoms with Crippen LogP contribution in [0.5, 0.6) is 0 Å². The Labute approximate surface area is 84.6 Å². The summed E-state index contributed by atoms with van der Waals surface area (Å²) in [6.07, 6.45) is -1.47. The minimum absolute atomic E-state index is 0.345. The van der Waals surface area contributed by atoms with Gasteiger partial charge in [-0.25, -0.2) is 13.2 Å². The molecule has 2 unspecified atom stereocenters. The van der Waals surface area contributed by atoms with Gasteiger partial charge in [-0.2, -0.15) is 5.26 Å². The minimum Gasteiger partial charge on any atom is -0.387 e. The molecule has 5 heteroatoms. The maximum absolute atomic E-state index is 13.1. The Balaban J connectivity index is 3.16. The molecule has 80 valence electrons. The van der Waals surface area contributed by atoms with Gasteiger partial charge in [0.2, 0.25) is 0 Å². The van der Waals surface area contributed by atoms with Crippen LogP contribution < -0.4 is 0 Å². The predicted octanol–water partition coefficient (Wildman–Crippen LogP) is 2.30. The molecule has 0 spiro atoms. The average Bonchev–Trinajstić information content (AvgIpc) is 2.21. The van der Waals surface area contributed by atoms with Crippen LogP contribution in [0.2, 0.25) is 0 Å². The van der Waals surface area contributed by atoms with E-state index >= 15 is 0 Å². The summed E-state index contributed by atoms with van der Waals surface area (Å²) >= 11 is 0. The van der Waals surface area contributed by atoms with Crippen molar-refractivity contribution in [3.63, 3.8) is 0 Å². The van der Waals surface area contributed by atoms with Crippen molar-refractivity contribution in [1.82, 2.24) is 0 Å². The zero-order valence-electron chi connectivity index (χ0n) is 7.84. The molecule has 0 aliphatic heterocycles. The molecule has 2 atom stereocenters. The number of hydrogen-bond donors (Lipinski definition) is 1. The van der Waals surface area contributed by atoms with Gasteiger partial charge in [-0.15, -0.1) is 0 Å². The number of benzene rings is 1. The normalized spacial score (nSPS) is 14.4. The molecule has 0 aliphatic rings. The Hall–Kier alpha value is -1.54. The Bertz CT molecular complexity index is 414. The number of nitrogens with zero attached hydrogens (tertiary/aromatic N) is 1. The molecule has 0 saturated carbocycles. The summed E-state index contributed by atoms with van der Waals surface area (Å²) in [6, 6.07) is 2.60. The molecule has 0 fully saturated rings. The number of nitriles is 1. The van der Waals surface area contributed by atoms with Gasteiger partial charge in [-0.3, -0.25) is 0 Å². The third-order valence-electron chi connectivity index (χ3n) is 2.04. The van der Waals surface area contributed by atoms with Crippen molar-refractivity contribution >= 4 is 0 Å². The van der Waals surface area contributed by atoms with Crippen molar-refractivity contribution in [2.75, 3.05) is 0 Å². The van der Waals surface area contributed by atoms with Crippen LogP contribution in [-0.2, 0) is 0 Å². The summed E-state index contributed by atoms with van der Waals surface area (Å²) in [5.74, 6) is -4.54. The van der Waals surface area contributed by atoms with Gasteiger partial charge in [0.1, 0.15) is 5.82 Å². The van der Waals surface area contributed by atoms with Crippen LogP contribution in [0.15, 0.2) is 12.1 Å². The zero-order chi connectivity index (χ0) is 11.6. The molecule has 0 amide bonds. The third-order valence-corrected chi connectivity index (χ3v) is 2.04. The molecule has 0 aliphatic carbocycles. The Morgan fingerprint density at radius 1 is 1.20 bits per heavy atom. The topological polar surface area (TPSA) is 44.0 Å². The highest BCUT2D eigenvalue weighted by Crippen LogP contribution is 2.25. The molecule has 0 heterocycles. The van der Waals surface area contributed by atoms with Crippen LogP contribution >= 0.6 is 0 Å². The first-order valence-corrected chi connectivity index (χ1v) is 4.19. The standard InChI is InChI=1S/C10H8F3NO/c1-5(4-14)10(15)6-2-8(12)9(13)3-7(6)11/h2-3,5,10,15H,1H3. The second-order valence-corrected chi connectivity index (χ2v) is 3.15. The number of hydrogen-bond acceptors (Lipinski definition) is 2. The highest BCUT2D eigenvalue weighted by molar-refractivity contribution is 5.23. The highest BCUT2D eigenvalue weighted by Gasteiger charge is 2.21. The second kappa shape index (κ2) is 4.32. The van der Waals surface area contributed by atoms with Gasteiger partial charge in [0.15, 0.2) is 11.6 Å². The van der Waals surface area contributed by atoms with Gasteiger partial charge in [-0.05, 0) is 13.0 Å². The number of rotatable bonds is 2. The second-order valence-electron chi connectivity index (χ2n) is 3.15. The first-order valence-electron chi connectivity index (χ1n) is 4.19. The Kier molecular flexibility index (Phi) is 3.32. The maximum Gasteiger partial charge on any atom is 0.161 e. The fourth-order valence-electron chi connectivity index (χ4n) is 1.10. The quantitative estimate of drug-likeness (QED) is 0.769. The van der Waals surface area contributed by atoms with E-state index in [2.05, 4.69) is 0 Å². The van der Waals surface area contributed by atoms with Crippen LogP contribution in [0.3, 0.4) is 0 Å². The van der Waals surface area contributed by atoms with Crippen molar-refractivity contribution in [2.24, 2.45) is 5.92 Å². The first-order chi connectivity index (χ1) is 6.97. The number of halogens is 3. The molecular weight excluding hydrogens is 207 g/mol. The van der Waals surface area contributed by atoms with Gasteiger partial charge >= 0.3 is 0 Å². The van der Waals surface area contributed by atoms with E-state index in [9.17, 15) is 18.3 Å². The molecule has 15 heavy (non-hydrogen) atoms. The molecule has 0 saturated heterocycles. The van der Waals surface area contributed by atoms with E-state index in [1.165, 1.54) is 6.92 Å². The van der Waals surface area contributed by atoms with Gasteiger partial charge in [0.05, 0.1) is 18.1 Å². The molecule has 0 bridgehead atoms. The van der Waals surface area contributed by atoms with Gasteiger partial charge in [0, 0.05) is 11.6 Å². The maximum atomic E-state index is 13.1. The number of aliphatic hydroxyl groups is 1. The van der Waals surface area contributed by atoms with Crippen LogP contribution in [0.25, 0.3) is 0 Å². The monoisotopic (exact) mass is 215 g/mol. The van der Waals surface area contributed by atoms with E-state index in [0.717, 1.165) is 0 Å². The van der Waals surface area contributed by atoms with Crippen molar-refractivity contribution in [1.29, 1.82) is 5.26 Å². The molecule has 1 aromatic rings. The smallest absolute Gasteiger partial charge is 0.161 e. The highest BCUT2D eigenvalue weighted by atomic mass is 19.2. The molecule has 1 N–H and O–H groups in total. The van der Waals surface area contributed by atoms with Gasteiger partial charge in [0.25, 0.3) is 0 Å². The van der Waals surface area contributed by atoms with Crippen LogP contribution in [0.1, 0.15) is 18.6 Å². The third kappa shape index (κ3) is 2.28. The molecule has 2 nitrogen and oxygen atoms in total. The number of aliphatic hydroxyl groups excluding tert-OH is 1. The molecular formula is C10H8F3NO. The Morgan fingerprint density at radius 3 is 2.27 bits per heavy atom. The van der Waals surface area contributed by atoms with Crippen LogP contribution in [0, 0.1) is 34.7 Å². The zero-order valence-corrected chi connectivity index (χ0v) is 7.84. The lowest BCUT2D eigenvalue weighted by atomic mass is 9.98. The van der Waals surface area contributed by atoms with Crippen LogP contribution in [-0.4, -0.2) is 5.11 Å². The summed E-state index contributed by atoms with van der Waals surface area (Å²) in [5, 5.41) is 17.9. The van der Waals surface area contributed by atoms with E-state index < -0.39 is 35.0 Å². The fraction of sp³-hybridized carbons (Fsp3) is 0.300. The first kappa shape index (κ1) is 11.5. The summed E-state index contributed by atoms with van der Waals surface area (Å²) in [6.45, 7) is 1.35. The largest absolute Gasteiger partial charge is 0.387 e. The van der Waals surface area contributed by atoms with Crippen molar-refractivity contribution < 1.29 is 18.3 Å².